The Morgan fingerprint density at radius 3 is 2.55 bits per heavy atom. The highest BCUT2D eigenvalue weighted by molar-refractivity contribution is 5.70. The molecule has 0 N–H and O–H groups in total. The van der Waals surface area contributed by atoms with Crippen LogP contribution in [0.5, 0.6) is 0 Å². The molecule has 0 aliphatic heterocycles. The topological polar surface area (TPSA) is 26.3 Å². The molecule has 5 aliphatic carbocycles. The summed E-state index contributed by atoms with van der Waals surface area (Å²) >= 11 is 0. The van der Waals surface area contributed by atoms with Crippen LogP contribution < -0.4 is 0 Å². The number of hydrogen-bond donors (Lipinski definition) is 0. The number of carbonyl (C=O) groups is 1. The van der Waals surface area contributed by atoms with Gasteiger partial charge in [0.25, 0.3) is 0 Å². The van der Waals surface area contributed by atoms with Gasteiger partial charge in [-0.1, -0.05) is 18.6 Å². The van der Waals surface area contributed by atoms with Crippen molar-refractivity contribution < 1.29 is 9.53 Å². The van der Waals surface area contributed by atoms with E-state index in [2.05, 4.69) is 12.2 Å². The third-order valence-electron chi connectivity index (χ3n) is 7.69. The quantitative estimate of drug-likeness (QED) is 0.440. The minimum Gasteiger partial charge on any atom is -0.462 e. The van der Waals surface area contributed by atoms with Crippen molar-refractivity contribution in [3.05, 3.63) is 12.2 Å². The second-order valence-electron chi connectivity index (χ2n) is 8.71. The van der Waals surface area contributed by atoms with E-state index in [0.29, 0.717) is 12.3 Å². The summed E-state index contributed by atoms with van der Waals surface area (Å²) in [4.78, 5) is 12.4. The molecule has 2 nitrogen and oxygen atoms in total. The summed E-state index contributed by atoms with van der Waals surface area (Å²) < 4.78 is 5.78. The SMILES string of the molecule is O=C(CC1CC2CC1C1C3C=CC(C3)C21)OC1CCCCC1. The second kappa shape index (κ2) is 5.11. The molecule has 4 bridgehead atoms. The van der Waals surface area contributed by atoms with Crippen molar-refractivity contribution in [1.82, 2.24) is 0 Å². The average Bonchev–Trinajstić information content (AvgIpc) is 3.27. The summed E-state index contributed by atoms with van der Waals surface area (Å²) in [7, 11) is 0. The van der Waals surface area contributed by atoms with Crippen molar-refractivity contribution >= 4 is 5.97 Å². The molecule has 0 saturated heterocycles. The Morgan fingerprint density at radius 1 is 0.955 bits per heavy atom. The van der Waals surface area contributed by atoms with Gasteiger partial charge in [0.05, 0.1) is 0 Å². The number of hydrogen-bond acceptors (Lipinski definition) is 2. The summed E-state index contributed by atoms with van der Waals surface area (Å²) in [6, 6.07) is 0. The lowest BCUT2D eigenvalue weighted by atomic mass is 9.69. The summed E-state index contributed by atoms with van der Waals surface area (Å²) in [5.41, 5.74) is 0. The zero-order valence-electron chi connectivity index (χ0n) is 13.5. The standard InChI is InChI=1S/C20H28O2/c21-18(22-16-4-2-1-3-5-16)11-14-9-15-10-17(14)20-13-7-6-12(8-13)19(15)20/h6-7,12-17,19-20H,1-5,8-11H2. The van der Waals surface area contributed by atoms with Crippen molar-refractivity contribution in [2.24, 2.45) is 41.4 Å². The Morgan fingerprint density at radius 2 is 1.73 bits per heavy atom. The zero-order chi connectivity index (χ0) is 14.7. The van der Waals surface area contributed by atoms with Gasteiger partial charge in [-0.25, -0.2) is 0 Å². The minimum absolute atomic E-state index is 0.111. The largest absolute Gasteiger partial charge is 0.462 e. The monoisotopic (exact) mass is 300 g/mol. The van der Waals surface area contributed by atoms with E-state index in [1.807, 2.05) is 0 Å². The number of ether oxygens (including phenoxy) is 1. The number of rotatable bonds is 3. The van der Waals surface area contributed by atoms with E-state index in [9.17, 15) is 4.79 Å². The molecule has 7 atom stereocenters. The Hall–Kier alpha value is -0.790. The summed E-state index contributed by atoms with van der Waals surface area (Å²) in [5, 5.41) is 0. The van der Waals surface area contributed by atoms with Gasteiger partial charge in [0.2, 0.25) is 0 Å². The molecule has 0 heterocycles. The van der Waals surface area contributed by atoms with Crippen LogP contribution in [0.2, 0.25) is 0 Å². The van der Waals surface area contributed by atoms with E-state index in [0.717, 1.165) is 48.3 Å². The summed E-state index contributed by atoms with van der Waals surface area (Å²) in [5.74, 6) is 6.13. The Balaban J connectivity index is 1.21. The average molecular weight is 300 g/mol. The fourth-order valence-electron chi connectivity index (χ4n) is 7.02. The van der Waals surface area contributed by atoms with Crippen LogP contribution in [0, 0.1) is 41.4 Å². The molecule has 0 aromatic carbocycles. The van der Waals surface area contributed by atoms with Crippen LogP contribution in [-0.2, 0) is 9.53 Å². The minimum atomic E-state index is 0.111. The van der Waals surface area contributed by atoms with Crippen LogP contribution in [0.3, 0.4) is 0 Å². The fourth-order valence-corrected chi connectivity index (χ4v) is 7.02. The third kappa shape index (κ3) is 2.02. The highest BCUT2D eigenvalue weighted by atomic mass is 16.5. The fraction of sp³-hybridized carbons (Fsp3) is 0.850. The summed E-state index contributed by atoms with van der Waals surface area (Å²) in [6.45, 7) is 0. The van der Waals surface area contributed by atoms with Gasteiger partial charge in [0.1, 0.15) is 6.10 Å². The van der Waals surface area contributed by atoms with Gasteiger partial charge in [-0.15, -0.1) is 0 Å². The predicted octanol–water partition coefficient (Wildman–Crippen LogP) is 4.35. The normalized spacial score (nSPS) is 48.8. The highest BCUT2D eigenvalue weighted by Gasteiger charge is 2.60. The van der Waals surface area contributed by atoms with Gasteiger partial charge in [-0.2, -0.15) is 0 Å². The van der Waals surface area contributed by atoms with Gasteiger partial charge in [0.15, 0.2) is 0 Å². The van der Waals surface area contributed by atoms with Crippen LogP contribution in [0.25, 0.3) is 0 Å². The third-order valence-corrected chi connectivity index (χ3v) is 7.69. The molecule has 7 unspecified atom stereocenters. The zero-order valence-corrected chi connectivity index (χ0v) is 13.5. The second-order valence-corrected chi connectivity index (χ2v) is 8.71. The highest BCUT2D eigenvalue weighted by Crippen LogP contribution is 2.67. The summed E-state index contributed by atoms with van der Waals surface area (Å²) in [6.07, 6.45) is 16.1. The van der Waals surface area contributed by atoms with Gasteiger partial charge < -0.3 is 4.74 Å². The van der Waals surface area contributed by atoms with Crippen molar-refractivity contribution in [2.45, 2.75) is 63.9 Å². The van der Waals surface area contributed by atoms with E-state index in [1.54, 1.807) is 0 Å². The van der Waals surface area contributed by atoms with Crippen LogP contribution in [0.4, 0.5) is 0 Å². The number of allylic oxidation sites excluding steroid dienone is 2. The number of carbonyl (C=O) groups excluding carboxylic acids is 1. The first-order valence-electron chi connectivity index (χ1n) is 9.67. The Kier molecular flexibility index (Phi) is 3.16. The van der Waals surface area contributed by atoms with Gasteiger partial charge >= 0.3 is 5.97 Å². The Bertz CT molecular complexity index is 490. The van der Waals surface area contributed by atoms with E-state index in [1.165, 1.54) is 38.5 Å². The molecule has 120 valence electrons. The van der Waals surface area contributed by atoms with Crippen LogP contribution in [0.1, 0.15) is 57.8 Å². The van der Waals surface area contributed by atoms with E-state index >= 15 is 0 Å². The molecular formula is C20H28O2. The first-order valence-corrected chi connectivity index (χ1v) is 9.67. The molecule has 2 heteroatoms. The van der Waals surface area contributed by atoms with Gasteiger partial charge in [-0.05, 0) is 86.4 Å². The molecule has 5 rings (SSSR count). The molecule has 0 radical (unpaired) electrons. The lowest BCUT2D eigenvalue weighted by Gasteiger charge is -2.36. The Labute approximate surface area is 133 Å². The van der Waals surface area contributed by atoms with Crippen molar-refractivity contribution in [3.8, 4) is 0 Å². The lowest BCUT2D eigenvalue weighted by Crippen LogP contribution is -2.32. The molecular weight excluding hydrogens is 272 g/mol. The van der Waals surface area contributed by atoms with Crippen LogP contribution >= 0.6 is 0 Å². The van der Waals surface area contributed by atoms with Crippen molar-refractivity contribution in [1.29, 1.82) is 0 Å². The number of esters is 1. The molecule has 4 saturated carbocycles. The van der Waals surface area contributed by atoms with E-state index < -0.39 is 0 Å². The number of fused-ring (bicyclic) bond motifs is 9. The molecule has 5 aliphatic rings. The molecule has 4 fully saturated rings. The maximum atomic E-state index is 12.4. The first-order chi connectivity index (χ1) is 10.8. The molecule has 0 aromatic rings. The van der Waals surface area contributed by atoms with Gasteiger partial charge in [0, 0.05) is 6.42 Å². The van der Waals surface area contributed by atoms with Crippen LogP contribution in [-0.4, -0.2) is 12.1 Å². The maximum Gasteiger partial charge on any atom is 0.306 e. The van der Waals surface area contributed by atoms with E-state index in [4.69, 9.17) is 4.74 Å². The van der Waals surface area contributed by atoms with Crippen molar-refractivity contribution in [3.63, 3.8) is 0 Å². The van der Waals surface area contributed by atoms with E-state index in [-0.39, 0.29) is 12.1 Å². The lowest BCUT2D eigenvalue weighted by molar-refractivity contribution is -0.152. The molecule has 0 spiro atoms. The smallest absolute Gasteiger partial charge is 0.306 e. The molecule has 0 amide bonds. The molecule has 22 heavy (non-hydrogen) atoms. The maximum absolute atomic E-state index is 12.4. The first kappa shape index (κ1) is 13.6. The molecule has 0 aromatic heterocycles. The van der Waals surface area contributed by atoms with Crippen LogP contribution in [0.15, 0.2) is 12.2 Å². The predicted molar refractivity (Wildman–Crippen MR) is 85.0 cm³/mol. The van der Waals surface area contributed by atoms with Crippen molar-refractivity contribution in [2.75, 3.05) is 0 Å². The van der Waals surface area contributed by atoms with Gasteiger partial charge in [-0.3, -0.25) is 4.79 Å².